The van der Waals surface area contributed by atoms with Crippen molar-refractivity contribution in [2.75, 3.05) is 5.32 Å². The molecule has 2 nitrogen and oxygen atoms in total. The standard InChI is InChI=1S/C14H11ClINO/c1-9-5-6-12(13(15)7-9)14(18)17-11-4-2-3-10(16)8-11/h2-8H,1H3,(H,17,18). The van der Waals surface area contributed by atoms with Crippen LogP contribution in [0, 0.1) is 10.5 Å². The molecule has 0 heterocycles. The molecule has 4 heteroatoms. The van der Waals surface area contributed by atoms with Crippen LogP contribution in [0.2, 0.25) is 5.02 Å². The first kappa shape index (κ1) is 13.4. The second kappa shape index (κ2) is 5.71. The molecule has 0 saturated carbocycles. The zero-order chi connectivity index (χ0) is 13.1. The van der Waals surface area contributed by atoms with Gasteiger partial charge in [0.05, 0.1) is 10.6 Å². The van der Waals surface area contributed by atoms with Gasteiger partial charge in [-0.2, -0.15) is 0 Å². The molecule has 0 aliphatic carbocycles. The van der Waals surface area contributed by atoms with Crippen LogP contribution < -0.4 is 5.32 Å². The van der Waals surface area contributed by atoms with Crippen LogP contribution in [0.5, 0.6) is 0 Å². The van der Waals surface area contributed by atoms with Crippen molar-refractivity contribution in [2.24, 2.45) is 0 Å². The lowest BCUT2D eigenvalue weighted by Gasteiger charge is -2.07. The van der Waals surface area contributed by atoms with Crippen LogP contribution in [-0.4, -0.2) is 5.91 Å². The van der Waals surface area contributed by atoms with Gasteiger partial charge in [0.1, 0.15) is 0 Å². The van der Waals surface area contributed by atoms with Crippen LogP contribution in [0.25, 0.3) is 0 Å². The molecule has 0 radical (unpaired) electrons. The molecule has 0 fully saturated rings. The maximum Gasteiger partial charge on any atom is 0.257 e. The summed E-state index contributed by atoms with van der Waals surface area (Å²) in [6.45, 7) is 1.94. The van der Waals surface area contributed by atoms with Gasteiger partial charge in [0.25, 0.3) is 5.91 Å². The summed E-state index contributed by atoms with van der Waals surface area (Å²) >= 11 is 8.26. The minimum Gasteiger partial charge on any atom is -0.322 e. The second-order valence-corrected chi connectivity index (χ2v) is 5.60. The van der Waals surface area contributed by atoms with Gasteiger partial charge in [0.2, 0.25) is 0 Å². The molecule has 2 rings (SSSR count). The number of hydrogen-bond acceptors (Lipinski definition) is 1. The van der Waals surface area contributed by atoms with Gasteiger partial charge in [-0.15, -0.1) is 0 Å². The van der Waals surface area contributed by atoms with Crippen molar-refractivity contribution in [1.29, 1.82) is 0 Å². The van der Waals surface area contributed by atoms with Gasteiger partial charge in [0, 0.05) is 9.26 Å². The van der Waals surface area contributed by atoms with E-state index >= 15 is 0 Å². The van der Waals surface area contributed by atoms with E-state index in [1.165, 1.54) is 0 Å². The van der Waals surface area contributed by atoms with Crippen molar-refractivity contribution in [1.82, 2.24) is 0 Å². The molecule has 0 spiro atoms. The van der Waals surface area contributed by atoms with Gasteiger partial charge in [0.15, 0.2) is 0 Å². The number of carbonyl (C=O) groups is 1. The number of benzene rings is 2. The number of aryl methyl sites for hydroxylation is 1. The predicted molar refractivity (Wildman–Crippen MR) is 83.3 cm³/mol. The first-order chi connectivity index (χ1) is 8.56. The summed E-state index contributed by atoms with van der Waals surface area (Å²) in [7, 11) is 0. The van der Waals surface area contributed by atoms with Crippen molar-refractivity contribution in [3.05, 3.63) is 62.2 Å². The first-order valence-corrected chi connectivity index (χ1v) is 6.85. The quantitative estimate of drug-likeness (QED) is 0.774. The number of amides is 1. The van der Waals surface area contributed by atoms with Crippen LogP contribution in [-0.2, 0) is 0 Å². The number of anilines is 1. The Hall–Kier alpha value is -1.07. The Kier molecular flexibility index (Phi) is 4.24. The monoisotopic (exact) mass is 371 g/mol. The molecule has 92 valence electrons. The normalized spacial score (nSPS) is 10.2. The highest BCUT2D eigenvalue weighted by Gasteiger charge is 2.10. The van der Waals surface area contributed by atoms with Gasteiger partial charge in [-0.05, 0) is 65.4 Å². The number of hydrogen-bond donors (Lipinski definition) is 1. The lowest BCUT2D eigenvalue weighted by atomic mass is 10.1. The molecular formula is C14H11ClINO. The van der Waals surface area contributed by atoms with E-state index in [4.69, 9.17) is 11.6 Å². The SMILES string of the molecule is Cc1ccc(C(=O)Nc2cccc(I)c2)c(Cl)c1. The van der Waals surface area contributed by atoms with Crippen LogP contribution in [0.1, 0.15) is 15.9 Å². The molecule has 2 aromatic carbocycles. The number of rotatable bonds is 2. The fraction of sp³-hybridized carbons (Fsp3) is 0.0714. The number of halogens is 2. The van der Waals surface area contributed by atoms with E-state index in [0.29, 0.717) is 10.6 Å². The highest BCUT2D eigenvalue weighted by molar-refractivity contribution is 14.1. The van der Waals surface area contributed by atoms with Gasteiger partial charge < -0.3 is 5.32 Å². The van der Waals surface area contributed by atoms with E-state index < -0.39 is 0 Å². The van der Waals surface area contributed by atoms with Gasteiger partial charge in [-0.3, -0.25) is 4.79 Å². The molecule has 1 N–H and O–H groups in total. The van der Waals surface area contributed by atoms with E-state index in [1.54, 1.807) is 12.1 Å². The Morgan fingerprint density at radius 3 is 2.67 bits per heavy atom. The Bertz CT molecular complexity index is 598. The second-order valence-electron chi connectivity index (χ2n) is 3.95. The lowest BCUT2D eigenvalue weighted by Crippen LogP contribution is -2.12. The molecule has 18 heavy (non-hydrogen) atoms. The molecule has 0 atom stereocenters. The molecular weight excluding hydrogens is 361 g/mol. The summed E-state index contributed by atoms with van der Waals surface area (Å²) in [6.07, 6.45) is 0. The number of nitrogens with one attached hydrogen (secondary N) is 1. The highest BCUT2D eigenvalue weighted by Crippen LogP contribution is 2.20. The number of carbonyl (C=O) groups excluding carboxylic acids is 1. The Morgan fingerprint density at radius 2 is 2.00 bits per heavy atom. The maximum absolute atomic E-state index is 12.1. The topological polar surface area (TPSA) is 29.1 Å². The van der Waals surface area contributed by atoms with Gasteiger partial charge in [-0.1, -0.05) is 23.7 Å². The molecule has 0 bridgehead atoms. The third kappa shape index (κ3) is 3.23. The zero-order valence-corrected chi connectivity index (χ0v) is 12.6. The zero-order valence-electron chi connectivity index (χ0n) is 9.71. The van der Waals surface area contributed by atoms with Crippen molar-refractivity contribution in [2.45, 2.75) is 6.92 Å². The third-order valence-electron chi connectivity index (χ3n) is 2.45. The largest absolute Gasteiger partial charge is 0.322 e. The average molecular weight is 372 g/mol. The summed E-state index contributed by atoms with van der Waals surface area (Å²) < 4.78 is 1.07. The summed E-state index contributed by atoms with van der Waals surface area (Å²) in [6, 6.07) is 13.0. The highest BCUT2D eigenvalue weighted by atomic mass is 127. The van der Waals surface area contributed by atoms with Crippen LogP contribution >= 0.6 is 34.2 Å². The van der Waals surface area contributed by atoms with Crippen molar-refractivity contribution in [3.8, 4) is 0 Å². The van der Waals surface area contributed by atoms with Gasteiger partial charge >= 0.3 is 0 Å². The van der Waals surface area contributed by atoms with Crippen LogP contribution in [0.4, 0.5) is 5.69 Å². The van der Waals surface area contributed by atoms with Crippen LogP contribution in [0.3, 0.4) is 0 Å². The van der Waals surface area contributed by atoms with E-state index in [9.17, 15) is 4.79 Å². The molecule has 0 aromatic heterocycles. The fourth-order valence-corrected chi connectivity index (χ4v) is 2.43. The molecule has 1 amide bonds. The van der Waals surface area contributed by atoms with Crippen molar-refractivity contribution < 1.29 is 4.79 Å². The summed E-state index contributed by atoms with van der Waals surface area (Å²) in [4.78, 5) is 12.1. The Labute approximate surface area is 124 Å². The van der Waals surface area contributed by atoms with Gasteiger partial charge in [-0.25, -0.2) is 0 Å². The summed E-state index contributed by atoms with van der Waals surface area (Å²) in [5, 5.41) is 3.30. The van der Waals surface area contributed by atoms with Crippen LogP contribution in [0.15, 0.2) is 42.5 Å². The minimum absolute atomic E-state index is 0.193. The first-order valence-electron chi connectivity index (χ1n) is 5.39. The fourth-order valence-electron chi connectivity index (χ4n) is 1.57. The van der Waals surface area contributed by atoms with E-state index in [0.717, 1.165) is 14.8 Å². The summed E-state index contributed by atoms with van der Waals surface area (Å²) in [5.41, 5.74) is 2.29. The third-order valence-corrected chi connectivity index (χ3v) is 3.44. The van der Waals surface area contributed by atoms with Crippen molar-refractivity contribution in [3.63, 3.8) is 0 Å². The van der Waals surface area contributed by atoms with Crippen molar-refractivity contribution >= 4 is 45.8 Å². The minimum atomic E-state index is -0.193. The van der Waals surface area contributed by atoms with E-state index in [-0.39, 0.29) is 5.91 Å². The Balaban J connectivity index is 2.22. The predicted octanol–water partition coefficient (Wildman–Crippen LogP) is 4.51. The molecule has 0 aliphatic heterocycles. The van der Waals surface area contributed by atoms with E-state index in [2.05, 4.69) is 27.9 Å². The molecule has 0 aliphatic rings. The molecule has 2 aromatic rings. The Morgan fingerprint density at radius 1 is 1.22 bits per heavy atom. The lowest BCUT2D eigenvalue weighted by molar-refractivity contribution is 0.102. The summed E-state index contributed by atoms with van der Waals surface area (Å²) in [5.74, 6) is -0.193. The molecule has 0 unspecified atom stereocenters. The maximum atomic E-state index is 12.1. The van der Waals surface area contributed by atoms with E-state index in [1.807, 2.05) is 37.3 Å². The molecule has 0 saturated heterocycles. The smallest absolute Gasteiger partial charge is 0.257 e. The average Bonchev–Trinajstić information content (AvgIpc) is 2.28.